The van der Waals surface area contributed by atoms with E-state index in [4.69, 9.17) is 0 Å². The molecule has 0 N–H and O–H groups in total. The zero-order valence-electron chi connectivity index (χ0n) is 16.0. The zero-order chi connectivity index (χ0) is 18.6. The minimum atomic E-state index is -3.95. The Morgan fingerprint density at radius 3 is 1.92 bits per heavy atom. The third-order valence-corrected chi connectivity index (χ3v) is 4.58. The second-order valence-electron chi connectivity index (χ2n) is 6.75. The molecule has 0 bridgehead atoms. The summed E-state index contributed by atoms with van der Waals surface area (Å²) in [4.78, 5) is 0. The van der Waals surface area contributed by atoms with Crippen LogP contribution in [-0.4, -0.2) is 6.18 Å². The molecule has 0 aromatic heterocycles. The van der Waals surface area contributed by atoms with E-state index in [1.807, 2.05) is 20.8 Å². The Morgan fingerprint density at radius 2 is 1.54 bits per heavy atom. The Bertz CT molecular complexity index is 403. The molecule has 140 valence electrons. The normalized spacial score (nSPS) is 15.0. The zero-order valence-corrected chi connectivity index (χ0v) is 16.0. The molecule has 3 heteroatoms. The first-order chi connectivity index (χ1) is 11.3. The molecule has 0 amide bonds. The first kappa shape index (κ1) is 23.0. The third-order valence-electron chi connectivity index (χ3n) is 4.58. The second-order valence-corrected chi connectivity index (χ2v) is 6.75. The van der Waals surface area contributed by atoms with Gasteiger partial charge in [-0.3, -0.25) is 0 Å². The molecule has 0 nitrogen and oxygen atoms in total. The lowest BCUT2D eigenvalue weighted by Gasteiger charge is -2.19. The van der Waals surface area contributed by atoms with E-state index in [1.54, 1.807) is 0 Å². The van der Waals surface area contributed by atoms with Crippen molar-refractivity contribution in [2.75, 3.05) is 0 Å². The molecule has 0 unspecified atom stereocenters. The Morgan fingerprint density at radius 1 is 1.00 bits per heavy atom. The lowest BCUT2D eigenvalue weighted by Crippen LogP contribution is -2.12. The van der Waals surface area contributed by atoms with E-state index in [-0.39, 0.29) is 6.42 Å². The van der Waals surface area contributed by atoms with E-state index < -0.39 is 12.6 Å². The van der Waals surface area contributed by atoms with E-state index in [9.17, 15) is 13.2 Å². The van der Waals surface area contributed by atoms with Gasteiger partial charge >= 0.3 is 6.18 Å². The number of alkyl halides is 3. The lowest BCUT2D eigenvalue weighted by molar-refractivity contribution is -0.135. The van der Waals surface area contributed by atoms with Gasteiger partial charge in [0.1, 0.15) is 0 Å². The van der Waals surface area contributed by atoms with Crippen LogP contribution in [0.4, 0.5) is 13.2 Å². The smallest absolute Gasteiger partial charge is 0.171 e. The number of rotatable bonds is 6. The third kappa shape index (κ3) is 10.00. The Balaban J connectivity index is 0.000000426. The standard InChI is InChI=1S/C13H18.C6H11F3.C2H6/c1-11(2)13(8-9-13)10-12-6-4-3-5-7-12;1-2-3-4-5-6(7,8)9;1-2/h3-7,11H,8-10H2,1-2H3;2-5H2,1H3;1-2H3. The van der Waals surface area contributed by atoms with Gasteiger partial charge in [0.05, 0.1) is 0 Å². The summed E-state index contributed by atoms with van der Waals surface area (Å²) in [6.45, 7) is 10.6. The van der Waals surface area contributed by atoms with Crippen molar-refractivity contribution in [3.05, 3.63) is 35.9 Å². The summed E-state index contributed by atoms with van der Waals surface area (Å²) < 4.78 is 34.1. The Kier molecular flexibility index (Phi) is 11.1. The van der Waals surface area contributed by atoms with E-state index in [1.165, 1.54) is 24.8 Å². The summed E-state index contributed by atoms with van der Waals surface area (Å²) in [5.74, 6) is 0.840. The van der Waals surface area contributed by atoms with Gasteiger partial charge in [-0.15, -0.1) is 0 Å². The minimum absolute atomic E-state index is 0.278. The highest BCUT2D eigenvalue weighted by Crippen LogP contribution is 2.54. The lowest BCUT2D eigenvalue weighted by atomic mass is 9.86. The molecule has 2 rings (SSSR count). The van der Waals surface area contributed by atoms with Gasteiger partial charge in [0, 0.05) is 6.42 Å². The summed E-state index contributed by atoms with van der Waals surface area (Å²) in [6, 6.07) is 10.9. The van der Waals surface area contributed by atoms with Crippen molar-refractivity contribution in [3.63, 3.8) is 0 Å². The van der Waals surface area contributed by atoms with Gasteiger partial charge in [-0.1, -0.05) is 77.8 Å². The van der Waals surface area contributed by atoms with Crippen LogP contribution < -0.4 is 0 Å². The van der Waals surface area contributed by atoms with E-state index in [0.717, 1.165) is 12.3 Å². The maximum absolute atomic E-state index is 11.4. The predicted octanol–water partition coefficient (Wildman–Crippen LogP) is 7.82. The van der Waals surface area contributed by atoms with Crippen molar-refractivity contribution < 1.29 is 13.2 Å². The number of hydrogen-bond donors (Lipinski definition) is 0. The van der Waals surface area contributed by atoms with Crippen molar-refractivity contribution in [3.8, 4) is 0 Å². The monoisotopic (exact) mass is 344 g/mol. The maximum Gasteiger partial charge on any atom is 0.389 e. The van der Waals surface area contributed by atoms with Crippen LogP contribution in [0.25, 0.3) is 0 Å². The SMILES string of the molecule is CC.CC(C)C1(Cc2ccccc2)CC1.CCCCCC(F)(F)F. The topological polar surface area (TPSA) is 0 Å². The van der Waals surface area contributed by atoms with E-state index in [0.29, 0.717) is 11.8 Å². The quantitative estimate of drug-likeness (QED) is 0.461. The van der Waals surface area contributed by atoms with Gasteiger partial charge < -0.3 is 0 Å². The average molecular weight is 345 g/mol. The number of halogens is 3. The van der Waals surface area contributed by atoms with Crippen molar-refractivity contribution in [2.24, 2.45) is 11.3 Å². The summed E-state index contributed by atoms with van der Waals surface area (Å²) in [6.07, 6.45) is 1.37. The molecule has 0 radical (unpaired) electrons. The molecule has 0 heterocycles. The van der Waals surface area contributed by atoms with Crippen LogP contribution in [0.3, 0.4) is 0 Å². The fourth-order valence-corrected chi connectivity index (χ4v) is 2.70. The number of hydrogen-bond acceptors (Lipinski definition) is 0. The van der Waals surface area contributed by atoms with Crippen molar-refractivity contribution in [1.29, 1.82) is 0 Å². The van der Waals surface area contributed by atoms with Crippen molar-refractivity contribution in [2.45, 2.75) is 85.7 Å². The van der Waals surface area contributed by atoms with Crippen molar-refractivity contribution >= 4 is 0 Å². The summed E-state index contributed by atoms with van der Waals surface area (Å²) in [5.41, 5.74) is 2.16. The summed E-state index contributed by atoms with van der Waals surface area (Å²) in [5, 5.41) is 0. The highest BCUT2D eigenvalue weighted by atomic mass is 19.4. The van der Waals surface area contributed by atoms with Crippen LogP contribution >= 0.6 is 0 Å². The fourth-order valence-electron chi connectivity index (χ4n) is 2.70. The second kappa shape index (κ2) is 11.5. The molecular formula is C21H35F3. The van der Waals surface area contributed by atoms with Crippen LogP contribution in [0.15, 0.2) is 30.3 Å². The fraction of sp³-hybridized carbons (Fsp3) is 0.714. The van der Waals surface area contributed by atoms with Gasteiger partial charge in [0.15, 0.2) is 0 Å². The molecule has 1 saturated carbocycles. The van der Waals surface area contributed by atoms with Crippen LogP contribution in [-0.2, 0) is 6.42 Å². The van der Waals surface area contributed by atoms with Crippen LogP contribution in [0, 0.1) is 11.3 Å². The largest absolute Gasteiger partial charge is 0.389 e. The van der Waals surface area contributed by atoms with Gasteiger partial charge in [0.2, 0.25) is 0 Å². The Labute approximate surface area is 146 Å². The molecule has 0 spiro atoms. The summed E-state index contributed by atoms with van der Waals surface area (Å²) in [7, 11) is 0. The van der Waals surface area contributed by atoms with Gasteiger partial charge in [-0.05, 0) is 42.6 Å². The molecule has 1 fully saturated rings. The molecule has 0 aliphatic heterocycles. The number of unbranched alkanes of at least 4 members (excludes halogenated alkanes) is 2. The van der Waals surface area contributed by atoms with Crippen LogP contribution in [0.1, 0.15) is 78.7 Å². The van der Waals surface area contributed by atoms with E-state index in [2.05, 4.69) is 44.2 Å². The molecular weight excluding hydrogens is 309 g/mol. The van der Waals surface area contributed by atoms with Gasteiger partial charge in [-0.2, -0.15) is 13.2 Å². The Hall–Kier alpha value is -0.990. The first-order valence-electron chi connectivity index (χ1n) is 9.40. The molecule has 0 saturated heterocycles. The molecule has 1 aliphatic rings. The highest BCUT2D eigenvalue weighted by Gasteiger charge is 2.44. The minimum Gasteiger partial charge on any atom is -0.171 e. The van der Waals surface area contributed by atoms with Crippen LogP contribution in [0.2, 0.25) is 0 Å². The molecule has 24 heavy (non-hydrogen) atoms. The first-order valence-corrected chi connectivity index (χ1v) is 9.40. The van der Waals surface area contributed by atoms with Crippen molar-refractivity contribution in [1.82, 2.24) is 0 Å². The van der Waals surface area contributed by atoms with E-state index >= 15 is 0 Å². The molecule has 1 aromatic carbocycles. The molecule has 1 aliphatic carbocycles. The maximum atomic E-state index is 11.4. The summed E-state index contributed by atoms with van der Waals surface area (Å²) >= 11 is 0. The van der Waals surface area contributed by atoms with Crippen LogP contribution in [0.5, 0.6) is 0 Å². The average Bonchev–Trinajstić information content (AvgIpc) is 3.31. The highest BCUT2D eigenvalue weighted by molar-refractivity contribution is 5.18. The van der Waals surface area contributed by atoms with Gasteiger partial charge in [-0.25, -0.2) is 0 Å². The van der Waals surface area contributed by atoms with Gasteiger partial charge in [0.25, 0.3) is 0 Å². The molecule has 0 atom stereocenters. The number of benzene rings is 1. The molecule has 1 aromatic rings. The predicted molar refractivity (Wildman–Crippen MR) is 98.2 cm³/mol.